The minimum atomic E-state index is -3.06. The predicted molar refractivity (Wildman–Crippen MR) is 89.7 cm³/mol. The number of alkyl halides is 4. The third kappa shape index (κ3) is 3.80. The number of nitrogens with one attached hydrogen (secondary N) is 1. The van der Waals surface area contributed by atoms with Gasteiger partial charge in [0.15, 0.2) is 11.3 Å². The van der Waals surface area contributed by atoms with Crippen LogP contribution in [-0.2, 0) is 13.1 Å². The fourth-order valence-electron chi connectivity index (χ4n) is 2.49. The number of aryl methyl sites for hydroxylation is 1. The van der Waals surface area contributed by atoms with Gasteiger partial charge in [0.2, 0.25) is 0 Å². The molecule has 0 aliphatic heterocycles. The third-order valence-corrected chi connectivity index (χ3v) is 4.43. The number of carbonyl (C=O) groups is 1. The summed E-state index contributed by atoms with van der Waals surface area (Å²) in [7, 11) is 0. The van der Waals surface area contributed by atoms with E-state index in [1.807, 2.05) is 6.92 Å². The maximum absolute atomic E-state index is 13.2. The van der Waals surface area contributed by atoms with E-state index in [0.717, 1.165) is 6.07 Å². The number of fused-ring (bicyclic) bond motifs is 1. The molecule has 3 aromatic heterocycles. The van der Waals surface area contributed by atoms with Gasteiger partial charge in [-0.2, -0.15) is 10.2 Å². The number of halogens is 5. The molecule has 3 heterocycles. The van der Waals surface area contributed by atoms with Crippen molar-refractivity contribution < 1.29 is 22.4 Å². The van der Waals surface area contributed by atoms with Crippen LogP contribution in [-0.4, -0.2) is 30.3 Å². The Hall–Kier alpha value is -2.50. The molecule has 7 nitrogen and oxygen atoms in total. The molecule has 0 aromatic carbocycles. The van der Waals surface area contributed by atoms with Crippen molar-refractivity contribution in [1.82, 2.24) is 29.7 Å². The summed E-state index contributed by atoms with van der Waals surface area (Å²) in [4.78, 5) is 15.9. The summed E-state index contributed by atoms with van der Waals surface area (Å²) in [6.07, 6.45) is -4.49. The van der Waals surface area contributed by atoms with E-state index in [-0.39, 0.29) is 17.9 Å². The van der Waals surface area contributed by atoms with Gasteiger partial charge in [0.05, 0.1) is 22.9 Å². The van der Waals surface area contributed by atoms with Crippen molar-refractivity contribution in [3.8, 4) is 0 Å². The molecule has 0 aliphatic carbocycles. The van der Waals surface area contributed by atoms with E-state index in [0.29, 0.717) is 27.3 Å². The molecular weight excluding hydrogens is 436 g/mol. The average molecular weight is 449 g/mol. The van der Waals surface area contributed by atoms with Crippen LogP contribution in [0.1, 0.15) is 47.3 Å². The zero-order chi connectivity index (χ0) is 19.7. The Morgan fingerprint density at radius 1 is 1.26 bits per heavy atom. The summed E-state index contributed by atoms with van der Waals surface area (Å²) in [5, 5.41) is 10.5. The van der Waals surface area contributed by atoms with Crippen molar-refractivity contribution in [1.29, 1.82) is 0 Å². The van der Waals surface area contributed by atoms with Crippen LogP contribution in [0.15, 0.2) is 22.8 Å². The highest BCUT2D eigenvalue weighted by molar-refractivity contribution is 9.10. The standard InChI is InChI=1S/C15H13BrF4N6O/c1-2-25-11(7(16)5-22-25)6-21-15(27)9-4-12-23-8(13(17)18)3-10(14(19)20)26(12)24-9/h3-5,13-14H,2,6H2,1H3,(H,21,27). The summed E-state index contributed by atoms with van der Waals surface area (Å²) in [5.74, 6) is -0.657. The molecule has 0 bridgehead atoms. The second kappa shape index (κ2) is 7.62. The Morgan fingerprint density at radius 3 is 2.63 bits per heavy atom. The lowest BCUT2D eigenvalue weighted by molar-refractivity contribution is 0.0943. The molecule has 144 valence electrons. The molecule has 0 aliphatic rings. The first-order valence-electron chi connectivity index (χ1n) is 7.77. The quantitative estimate of drug-likeness (QED) is 0.585. The zero-order valence-corrected chi connectivity index (χ0v) is 15.4. The molecule has 0 saturated heterocycles. The van der Waals surface area contributed by atoms with Crippen molar-refractivity contribution in [2.75, 3.05) is 0 Å². The van der Waals surface area contributed by atoms with Gasteiger partial charge in [-0.15, -0.1) is 0 Å². The van der Waals surface area contributed by atoms with E-state index < -0.39 is 30.1 Å². The van der Waals surface area contributed by atoms with Gasteiger partial charge < -0.3 is 5.32 Å². The Labute approximate surface area is 158 Å². The molecule has 1 amide bonds. The lowest BCUT2D eigenvalue weighted by atomic mass is 10.3. The summed E-state index contributed by atoms with van der Waals surface area (Å²) < 4.78 is 55.1. The summed E-state index contributed by atoms with van der Waals surface area (Å²) >= 11 is 3.32. The van der Waals surface area contributed by atoms with Crippen LogP contribution in [0.2, 0.25) is 0 Å². The molecule has 3 rings (SSSR count). The topological polar surface area (TPSA) is 77.1 Å². The highest BCUT2D eigenvalue weighted by atomic mass is 79.9. The Kier molecular flexibility index (Phi) is 5.44. The van der Waals surface area contributed by atoms with E-state index in [2.05, 4.69) is 36.4 Å². The first-order chi connectivity index (χ1) is 12.8. The van der Waals surface area contributed by atoms with Crippen molar-refractivity contribution in [2.45, 2.75) is 32.9 Å². The van der Waals surface area contributed by atoms with Crippen molar-refractivity contribution >= 4 is 27.5 Å². The Morgan fingerprint density at radius 2 is 2.00 bits per heavy atom. The van der Waals surface area contributed by atoms with Crippen LogP contribution < -0.4 is 5.32 Å². The van der Waals surface area contributed by atoms with E-state index in [9.17, 15) is 22.4 Å². The van der Waals surface area contributed by atoms with E-state index in [4.69, 9.17) is 0 Å². The highest BCUT2D eigenvalue weighted by Crippen LogP contribution is 2.25. The van der Waals surface area contributed by atoms with Gasteiger partial charge in [-0.25, -0.2) is 27.1 Å². The monoisotopic (exact) mass is 448 g/mol. The van der Waals surface area contributed by atoms with Gasteiger partial charge in [0.1, 0.15) is 11.4 Å². The molecule has 0 fully saturated rings. The lowest BCUT2D eigenvalue weighted by Gasteiger charge is -2.07. The smallest absolute Gasteiger partial charge is 0.280 e. The molecule has 0 saturated carbocycles. The SMILES string of the molecule is CCn1ncc(Br)c1CNC(=O)c1cc2nc(C(F)F)cc(C(F)F)n2n1. The van der Waals surface area contributed by atoms with Crippen molar-refractivity contribution in [3.05, 3.63) is 45.6 Å². The molecule has 0 radical (unpaired) electrons. The number of hydrogen-bond donors (Lipinski definition) is 1. The van der Waals surface area contributed by atoms with Gasteiger partial charge >= 0.3 is 0 Å². The Bertz CT molecular complexity index is 986. The lowest BCUT2D eigenvalue weighted by Crippen LogP contribution is -2.25. The fraction of sp³-hybridized carbons (Fsp3) is 0.333. The highest BCUT2D eigenvalue weighted by Gasteiger charge is 2.22. The summed E-state index contributed by atoms with van der Waals surface area (Å²) in [6, 6.07) is 1.66. The normalized spacial score (nSPS) is 11.7. The number of aromatic nitrogens is 5. The number of nitrogens with zero attached hydrogens (tertiary/aromatic N) is 5. The number of amides is 1. The number of carbonyl (C=O) groups excluding carboxylic acids is 1. The van der Waals surface area contributed by atoms with Gasteiger partial charge in [0.25, 0.3) is 18.8 Å². The van der Waals surface area contributed by atoms with E-state index in [1.165, 1.54) is 0 Å². The van der Waals surface area contributed by atoms with Gasteiger partial charge in [0, 0.05) is 12.6 Å². The van der Waals surface area contributed by atoms with Gasteiger partial charge in [-0.1, -0.05) is 0 Å². The zero-order valence-electron chi connectivity index (χ0n) is 13.8. The number of hydrogen-bond acceptors (Lipinski definition) is 4. The molecule has 0 spiro atoms. The second-order valence-corrected chi connectivity index (χ2v) is 6.30. The maximum Gasteiger partial charge on any atom is 0.280 e. The van der Waals surface area contributed by atoms with Crippen LogP contribution in [0.25, 0.3) is 5.65 Å². The van der Waals surface area contributed by atoms with Gasteiger partial charge in [-0.05, 0) is 28.9 Å². The maximum atomic E-state index is 13.2. The van der Waals surface area contributed by atoms with E-state index >= 15 is 0 Å². The molecule has 12 heteroatoms. The molecule has 27 heavy (non-hydrogen) atoms. The molecule has 1 N–H and O–H groups in total. The van der Waals surface area contributed by atoms with Gasteiger partial charge in [-0.3, -0.25) is 9.48 Å². The molecule has 3 aromatic rings. The summed E-state index contributed by atoms with van der Waals surface area (Å²) in [6.45, 7) is 2.58. The van der Waals surface area contributed by atoms with Crippen LogP contribution in [0.3, 0.4) is 0 Å². The largest absolute Gasteiger partial charge is 0.345 e. The van der Waals surface area contributed by atoms with Crippen LogP contribution in [0.4, 0.5) is 17.6 Å². The van der Waals surface area contributed by atoms with Crippen LogP contribution in [0, 0.1) is 0 Å². The average Bonchev–Trinajstić information content (AvgIpc) is 3.21. The minimum absolute atomic E-state index is 0.110. The molecule has 0 atom stereocenters. The van der Waals surface area contributed by atoms with Crippen molar-refractivity contribution in [2.24, 2.45) is 0 Å². The first kappa shape index (κ1) is 19.3. The number of rotatable bonds is 6. The van der Waals surface area contributed by atoms with Crippen LogP contribution in [0.5, 0.6) is 0 Å². The first-order valence-corrected chi connectivity index (χ1v) is 8.56. The van der Waals surface area contributed by atoms with Crippen molar-refractivity contribution in [3.63, 3.8) is 0 Å². The fourth-order valence-corrected chi connectivity index (χ4v) is 2.92. The second-order valence-electron chi connectivity index (χ2n) is 5.44. The minimum Gasteiger partial charge on any atom is -0.345 e. The predicted octanol–water partition coefficient (Wildman–Crippen LogP) is 3.51. The third-order valence-electron chi connectivity index (χ3n) is 3.77. The molecular formula is C15H13BrF4N6O. The molecule has 0 unspecified atom stereocenters. The summed E-state index contributed by atoms with van der Waals surface area (Å²) in [5.41, 5.74) is -1.33. The Balaban J connectivity index is 1.89. The van der Waals surface area contributed by atoms with Crippen LogP contribution >= 0.6 is 15.9 Å². The van der Waals surface area contributed by atoms with E-state index in [1.54, 1.807) is 10.9 Å².